The predicted octanol–water partition coefficient (Wildman–Crippen LogP) is 2.25. The fraction of sp³-hybridized carbons (Fsp3) is 0.200. The molecule has 0 radical (unpaired) electrons. The van der Waals surface area contributed by atoms with Crippen molar-refractivity contribution in [2.24, 2.45) is 0 Å². The number of nitrogens with one attached hydrogen (secondary N) is 1. The lowest BCUT2D eigenvalue weighted by Gasteiger charge is -2.02. The number of amides is 1. The van der Waals surface area contributed by atoms with Gasteiger partial charge in [-0.1, -0.05) is 11.4 Å². The molecular formula is C10H10FNO3. The highest BCUT2D eigenvalue weighted by Crippen LogP contribution is 2.13. The van der Waals surface area contributed by atoms with Crippen molar-refractivity contribution in [1.29, 1.82) is 0 Å². The van der Waals surface area contributed by atoms with Crippen molar-refractivity contribution in [2.75, 3.05) is 0 Å². The summed E-state index contributed by atoms with van der Waals surface area (Å²) in [5, 5.41) is 0. The molecule has 1 amide bonds. The molecule has 0 aliphatic carbocycles. The standard InChI is InChI=1S/C10H10FNO3/c1-2-9(13)7-3-5-8(6-4-7)15-10(14)12-11/h3-6H,2H2,1H3,(H,12,14). The highest BCUT2D eigenvalue weighted by molar-refractivity contribution is 5.95. The molecule has 0 saturated carbocycles. The summed E-state index contributed by atoms with van der Waals surface area (Å²) in [6.45, 7) is 1.75. The van der Waals surface area contributed by atoms with Crippen LogP contribution < -0.4 is 10.3 Å². The molecule has 1 rings (SSSR count). The number of carbonyl (C=O) groups excluding carboxylic acids is 2. The first kappa shape index (κ1) is 11.2. The van der Waals surface area contributed by atoms with Gasteiger partial charge >= 0.3 is 6.09 Å². The van der Waals surface area contributed by atoms with Gasteiger partial charge in [0.2, 0.25) is 0 Å². The van der Waals surface area contributed by atoms with Crippen molar-refractivity contribution < 1.29 is 18.8 Å². The topological polar surface area (TPSA) is 55.4 Å². The summed E-state index contributed by atoms with van der Waals surface area (Å²) < 4.78 is 16.1. The van der Waals surface area contributed by atoms with Gasteiger partial charge in [-0.15, -0.1) is 0 Å². The summed E-state index contributed by atoms with van der Waals surface area (Å²) in [7, 11) is 0. The van der Waals surface area contributed by atoms with Crippen LogP contribution in [-0.2, 0) is 0 Å². The summed E-state index contributed by atoms with van der Waals surface area (Å²) in [4.78, 5) is 21.7. The summed E-state index contributed by atoms with van der Waals surface area (Å²) in [5.41, 5.74) is 1.37. The van der Waals surface area contributed by atoms with E-state index in [9.17, 15) is 14.1 Å². The molecule has 0 spiro atoms. The van der Waals surface area contributed by atoms with E-state index < -0.39 is 6.09 Å². The van der Waals surface area contributed by atoms with Gasteiger partial charge in [0.05, 0.1) is 0 Å². The molecule has 1 aromatic rings. The van der Waals surface area contributed by atoms with Crippen LogP contribution in [0.1, 0.15) is 23.7 Å². The van der Waals surface area contributed by atoms with Gasteiger partial charge in [-0.05, 0) is 24.3 Å². The Balaban J connectivity index is 2.72. The fourth-order valence-corrected chi connectivity index (χ4v) is 1.04. The van der Waals surface area contributed by atoms with E-state index in [-0.39, 0.29) is 11.5 Å². The Morgan fingerprint density at radius 2 is 1.93 bits per heavy atom. The van der Waals surface area contributed by atoms with E-state index in [2.05, 4.69) is 4.74 Å². The first-order chi connectivity index (χ1) is 7.17. The second-order valence-corrected chi connectivity index (χ2v) is 2.79. The van der Waals surface area contributed by atoms with E-state index in [4.69, 9.17) is 0 Å². The molecule has 1 N–H and O–H groups in total. The quantitative estimate of drug-likeness (QED) is 0.616. The van der Waals surface area contributed by atoms with Crippen LogP contribution in [-0.4, -0.2) is 11.9 Å². The van der Waals surface area contributed by atoms with Crippen LogP contribution in [0.15, 0.2) is 24.3 Å². The Kier molecular flexibility index (Phi) is 3.79. The van der Waals surface area contributed by atoms with Gasteiger partial charge in [-0.25, -0.2) is 4.79 Å². The minimum absolute atomic E-state index is 0.00325. The number of rotatable bonds is 3. The fourth-order valence-electron chi connectivity index (χ4n) is 1.04. The second-order valence-electron chi connectivity index (χ2n) is 2.79. The molecule has 4 nitrogen and oxygen atoms in total. The number of carbonyl (C=O) groups is 2. The van der Waals surface area contributed by atoms with Crippen molar-refractivity contribution in [2.45, 2.75) is 13.3 Å². The van der Waals surface area contributed by atoms with Gasteiger partial charge in [0.1, 0.15) is 5.75 Å². The number of hydrogen-bond donors (Lipinski definition) is 1. The molecule has 80 valence electrons. The van der Waals surface area contributed by atoms with Gasteiger partial charge in [0.15, 0.2) is 5.78 Å². The van der Waals surface area contributed by atoms with E-state index in [0.29, 0.717) is 12.0 Å². The van der Waals surface area contributed by atoms with Crippen molar-refractivity contribution in [3.05, 3.63) is 29.8 Å². The van der Waals surface area contributed by atoms with E-state index >= 15 is 0 Å². The Morgan fingerprint density at radius 1 is 1.33 bits per heavy atom. The minimum atomic E-state index is -1.19. The van der Waals surface area contributed by atoms with Crippen LogP contribution in [0, 0.1) is 0 Å². The Morgan fingerprint density at radius 3 is 2.40 bits per heavy atom. The zero-order chi connectivity index (χ0) is 11.3. The van der Waals surface area contributed by atoms with Gasteiger partial charge in [-0.2, -0.15) is 5.54 Å². The summed E-state index contributed by atoms with van der Waals surface area (Å²) in [5.74, 6) is 0.175. The average Bonchev–Trinajstić information content (AvgIpc) is 2.29. The number of halogens is 1. The van der Waals surface area contributed by atoms with E-state index in [0.717, 1.165) is 5.54 Å². The van der Waals surface area contributed by atoms with Crippen LogP contribution in [0.3, 0.4) is 0 Å². The third-order valence-electron chi connectivity index (χ3n) is 1.79. The van der Waals surface area contributed by atoms with Gasteiger partial charge in [0.25, 0.3) is 0 Å². The van der Waals surface area contributed by atoms with Gasteiger partial charge < -0.3 is 4.74 Å². The van der Waals surface area contributed by atoms with Crippen LogP contribution in [0.2, 0.25) is 0 Å². The first-order valence-electron chi connectivity index (χ1n) is 4.39. The van der Waals surface area contributed by atoms with E-state index in [1.54, 1.807) is 6.92 Å². The Hall–Kier alpha value is -1.91. The largest absolute Gasteiger partial charge is 0.440 e. The molecular weight excluding hydrogens is 201 g/mol. The van der Waals surface area contributed by atoms with Crippen molar-refractivity contribution in [3.8, 4) is 5.75 Å². The molecule has 1 aromatic carbocycles. The number of Topliss-reactive ketones (excluding diaryl/α,β-unsaturated/α-hetero) is 1. The minimum Gasteiger partial charge on any atom is -0.409 e. The Bertz CT molecular complexity index is 361. The Labute approximate surface area is 86.0 Å². The molecule has 0 aromatic heterocycles. The summed E-state index contributed by atoms with van der Waals surface area (Å²) >= 11 is 0. The van der Waals surface area contributed by atoms with E-state index in [1.165, 1.54) is 24.3 Å². The molecule has 0 atom stereocenters. The van der Waals surface area contributed by atoms with Crippen molar-refractivity contribution in [1.82, 2.24) is 5.54 Å². The molecule has 5 heteroatoms. The molecule has 0 bridgehead atoms. The SMILES string of the molecule is CCC(=O)c1ccc(OC(=O)NF)cc1. The maximum Gasteiger partial charge on any atom is 0.440 e. The van der Waals surface area contributed by atoms with Crippen LogP contribution in [0.25, 0.3) is 0 Å². The molecule has 0 fully saturated rings. The summed E-state index contributed by atoms with van der Waals surface area (Å²) in [6, 6.07) is 5.90. The zero-order valence-electron chi connectivity index (χ0n) is 8.12. The number of ketones is 1. The predicted molar refractivity (Wildman–Crippen MR) is 51.3 cm³/mol. The molecule has 0 unspecified atom stereocenters. The van der Waals surface area contributed by atoms with Crippen LogP contribution in [0.5, 0.6) is 5.75 Å². The smallest absolute Gasteiger partial charge is 0.409 e. The molecule has 0 heterocycles. The third-order valence-corrected chi connectivity index (χ3v) is 1.79. The first-order valence-corrected chi connectivity index (χ1v) is 4.39. The maximum atomic E-state index is 11.6. The number of ether oxygens (including phenoxy) is 1. The maximum absolute atomic E-state index is 11.6. The zero-order valence-corrected chi connectivity index (χ0v) is 8.12. The average molecular weight is 211 g/mol. The number of benzene rings is 1. The third kappa shape index (κ3) is 3.05. The number of hydrogen-bond acceptors (Lipinski definition) is 3. The lowest BCUT2D eigenvalue weighted by atomic mass is 10.1. The van der Waals surface area contributed by atoms with Gasteiger partial charge in [-0.3, -0.25) is 4.79 Å². The normalized spacial score (nSPS) is 9.47. The van der Waals surface area contributed by atoms with Gasteiger partial charge in [0, 0.05) is 12.0 Å². The molecule has 0 saturated heterocycles. The van der Waals surface area contributed by atoms with Crippen LogP contribution in [0.4, 0.5) is 9.28 Å². The lowest BCUT2D eigenvalue weighted by molar-refractivity contribution is 0.0988. The van der Waals surface area contributed by atoms with E-state index in [1.807, 2.05) is 0 Å². The highest BCUT2D eigenvalue weighted by atomic mass is 19.2. The monoisotopic (exact) mass is 211 g/mol. The highest BCUT2D eigenvalue weighted by Gasteiger charge is 2.05. The summed E-state index contributed by atoms with van der Waals surface area (Å²) in [6.07, 6.45) is -0.782. The second kappa shape index (κ2) is 5.09. The molecule has 15 heavy (non-hydrogen) atoms. The van der Waals surface area contributed by atoms with Crippen LogP contribution >= 0.6 is 0 Å². The lowest BCUT2D eigenvalue weighted by Crippen LogP contribution is -2.18. The van der Waals surface area contributed by atoms with Crippen molar-refractivity contribution >= 4 is 11.9 Å². The van der Waals surface area contributed by atoms with Crippen molar-refractivity contribution in [3.63, 3.8) is 0 Å². The molecule has 0 aliphatic heterocycles. The molecule has 0 aliphatic rings.